The zero-order chi connectivity index (χ0) is 13.1. The molecule has 1 heterocycles. The number of halogens is 2. The Bertz CT molecular complexity index is 582. The SMILES string of the molecule is Cc1ccc(C(=O)Nc2ccc(F)nc2)cc1F. The van der Waals surface area contributed by atoms with Crippen LogP contribution in [0.15, 0.2) is 36.5 Å². The van der Waals surface area contributed by atoms with Crippen molar-refractivity contribution in [3.05, 3.63) is 59.4 Å². The summed E-state index contributed by atoms with van der Waals surface area (Å²) in [5, 5.41) is 2.50. The minimum absolute atomic E-state index is 0.197. The van der Waals surface area contributed by atoms with Crippen LogP contribution < -0.4 is 5.32 Å². The van der Waals surface area contributed by atoms with Crippen molar-refractivity contribution in [3.8, 4) is 0 Å². The molecular formula is C13H10F2N2O. The number of benzene rings is 1. The predicted molar refractivity (Wildman–Crippen MR) is 63.3 cm³/mol. The first-order valence-electron chi connectivity index (χ1n) is 5.25. The largest absolute Gasteiger partial charge is 0.321 e. The van der Waals surface area contributed by atoms with Crippen molar-refractivity contribution in [2.75, 3.05) is 5.32 Å². The van der Waals surface area contributed by atoms with E-state index in [1.807, 2.05) is 0 Å². The molecule has 92 valence electrons. The predicted octanol–water partition coefficient (Wildman–Crippen LogP) is 2.92. The van der Waals surface area contributed by atoms with Crippen molar-refractivity contribution >= 4 is 11.6 Å². The second-order valence-electron chi connectivity index (χ2n) is 3.79. The van der Waals surface area contributed by atoms with Crippen LogP contribution in [0.25, 0.3) is 0 Å². The fourth-order valence-electron chi connectivity index (χ4n) is 1.39. The third kappa shape index (κ3) is 2.68. The molecule has 0 saturated heterocycles. The Balaban J connectivity index is 2.16. The number of aromatic nitrogens is 1. The van der Waals surface area contributed by atoms with E-state index in [4.69, 9.17) is 0 Å². The van der Waals surface area contributed by atoms with Crippen LogP contribution >= 0.6 is 0 Å². The second kappa shape index (κ2) is 4.91. The summed E-state index contributed by atoms with van der Waals surface area (Å²) in [5.74, 6) is -1.54. The molecule has 1 aromatic carbocycles. The van der Waals surface area contributed by atoms with E-state index in [2.05, 4.69) is 10.3 Å². The van der Waals surface area contributed by atoms with Crippen molar-refractivity contribution < 1.29 is 13.6 Å². The number of anilines is 1. The summed E-state index contributed by atoms with van der Waals surface area (Å²) in [4.78, 5) is 15.2. The van der Waals surface area contributed by atoms with Crippen molar-refractivity contribution in [2.45, 2.75) is 6.92 Å². The van der Waals surface area contributed by atoms with Gasteiger partial charge < -0.3 is 5.32 Å². The van der Waals surface area contributed by atoms with Crippen LogP contribution in [0.3, 0.4) is 0 Å². The highest BCUT2D eigenvalue weighted by atomic mass is 19.1. The third-order valence-electron chi connectivity index (χ3n) is 2.42. The smallest absolute Gasteiger partial charge is 0.255 e. The molecule has 18 heavy (non-hydrogen) atoms. The molecule has 0 atom stereocenters. The van der Waals surface area contributed by atoms with Gasteiger partial charge in [-0.3, -0.25) is 4.79 Å². The molecule has 0 unspecified atom stereocenters. The average Bonchev–Trinajstić information content (AvgIpc) is 2.35. The zero-order valence-corrected chi connectivity index (χ0v) is 9.58. The molecule has 2 aromatic rings. The summed E-state index contributed by atoms with van der Waals surface area (Å²) in [6.45, 7) is 1.61. The van der Waals surface area contributed by atoms with Crippen molar-refractivity contribution in [3.63, 3.8) is 0 Å². The molecule has 0 aliphatic heterocycles. The fourth-order valence-corrected chi connectivity index (χ4v) is 1.39. The van der Waals surface area contributed by atoms with Gasteiger partial charge in [0.1, 0.15) is 5.82 Å². The zero-order valence-electron chi connectivity index (χ0n) is 9.58. The molecule has 0 bridgehead atoms. The van der Waals surface area contributed by atoms with Gasteiger partial charge in [0, 0.05) is 5.56 Å². The lowest BCUT2D eigenvalue weighted by Gasteiger charge is -2.05. The van der Waals surface area contributed by atoms with Gasteiger partial charge >= 0.3 is 0 Å². The summed E-state index contributed by atoms with van der Waals surface area (Å²) in [5.41, 5.74) is 1.01. The minimum Gasteiger partial charge on any atom is -0.321 e. The topological polar surface area (TPSA) is 42.0 Å². The third-order valence-corrected chi connectivity index (χ3v) is 2.42. The van der Waals surface area contributed by atoms with Crippen molar-refractivity contribution in [1.29, 1.82) is 0 Å². The Morgan fingerprint density at radius 3 is 2.61 bits per heavy atom. The number of hydrogen-bond acceptors (Lipinski definition) is 2. The molecule has 0 aliphatic carbocycles. The van der Waals surface area contributed by atoms with Gasteiger partial charge in [0.2, 0.25) is 5.95 Å². The Morgan fingerprint density at radius 1 is 1.22 bits per heavy atom. The maximum atomic E-state index is 13.3. The molecule has 5 heteroatoms. The average molecular weight is 248 g/mol. The fraction of sp³-hybridized carbons (Fsp3) is 0.0769. The molecule has 0 radical (unpaired) electrons. The molecule has 1 amide bonds. The molecule has 2 rings (SSSR count). The first kappa shape index (κ1) is 12.2. The van der Waals surface area contributed by atoms with Crippen molar-refractivity contribution in [1.82, 2.24) is 4.98 Å². The summed E-state index contributed by atoms with van der Waals surface area (Å²) in [6, 6.07) is 6.70. The Morgan fingerprint density at radius 2 is 2.00 bits per heavy atom. The maximum absolute atomic E-state index is 13.3. The number of aryl methyl sites for hydroxylation is 1. The molecule has 0 aliphatic rings. The van der Waals surface area contributed by atoms with Crippen LogP contribution in [0.5, 0.6) is 0 Å². The monoisotopic (exact) mass is 248 g/mol. The van der Waals surface area contributed by atoms with Crippen LogP contribution in [0.1, 0.15) is 15.9 Å². The Labute approximate surface area is 102 Å². The lowest BCUT2D eigenvalue weighted by atomic mass is 10.1. The lowest BCUT2D eigenvalue weighted by Crippen LogP contribution is -2.12. The molecule has 0 fully saturated rings. The quantitative estimate of drug-likeness (QED) is 0.830. The highest BCUT2D eigenvalue weighted by Crippen LogP contribution is 2.12. The van der Waals surface area contributed by atoms with E-state index in [1.165, 1.54) is 24.4 Å². The highest BCUT2D eigenvalue weighted by Gasteiger charge is 2.08. The lowest BCUT2D eigenvalue weighted by molar-refractivity contribution is 0.102. The van der Waals surface area contributed by atoms with Crippen LogP contribution in [-0.2, 0) is 0 Å². The van der Waals surface area contributed by atoms with Gasteiger partial charge in [-0.15, -0.1) is 0 Å². The number of pyridine rings is 1. The van der Waals surface area contributed by atoms with Gasteiger partial charge in [-0.2, -0.15) is 4.39 Å². The second-order valence-corrected chi connectivity index (χ2v) is 3.79. The Kier molecular flexibility index (Phi) is 3.32. The van der Waals surface area contributed by atoms with Gasteiger partial charge in [0.25, 0.3) is 5.91 Å². The van der Waals surface area contributed by atoms with E-state index >= 15 is 0 Å². The standard InChI is InChI=1S/C13H10F2N2O/c1-8-2-3-9(6-11(8)14)13(18)17-10-4-5-12(15)16-7-10/h2-7H,1H3,(H,17,18). The molecular weight excluding hydrogens is 238 g/mol. The summed E-state index contributed by atoms with van der Waals surface area (Å²) < 4.78 is 25.9. The van der Waals surface area contributed by atoms with E-state index in [1.54, 1.807) is 6.92 Å². The van der Waals surface area contributed by atoms with E-state index in [-0.39, 0.29) is 5.56 Å². The van der Waals surface area contributed by atoms with Gasteiger partial charge in [0.15, 0.2) is 0 Å². The van der Waals surface area contributed by atoms with E-state index in [9.17, 15) is 13.6 Å². The number of hydrogen-bond donors (Lipinski definition) is 1. The molecule has 3 nitrogen and oxygen atoms in total. The Hall–Kier alpha value is -2.30. The van der Waals surface area contributed by atoms with E-state index < -0.39 is 17.7 Å². The first-order valence-corrected chi connectivity index (χ1v) is 5.25. The van der Waals surface area contributed by atoms with Crippen molar-refractivity contribution in [2.24, 2.45) is 0 Å². The number of rotatable bonds is 2. The van der Waals surface area contributed by atoms with Crippen LogP contribution in [0, 0.1) is 18.7 Å². The number of nitrogens with zero attached hydrogens (tertiary/aromatic N) is 1. The normalized spacial score (nSPS) is 10.2. The highest BCUT2D eigenvalue weighted by molar-refractivity contribution is 6.04. The number of nitrogens with one attached hydrogen (secondary N) is 1. The van der Waals surface area contributed by atoms with Crippen LogP contribution in [0.4, 0.5) is 14.5 Å². The maximum Gasteiger partial charge on any atom is 0.255 e. The summed E-state index contributed by atoms with van der Waals surface area (Å²) in [7, 11) is 0. The van der Waals surface area contributed by atoms with Crippen LogP contribution in [0.2, 0.25) is 0 Å². The van der Waals surface area contributed by atoms with E-state index in [0.717, 1.165) is 12.1 Å². The summed E-state index contributed by atoms with van der Waals surface area (Å²) >= 11 is 0. The van der Waals surface area contributed by atoms with E-state index in [0.29, 0.717) is 11.3 Å². The van der Waals surface area contributed by atoms with Gasteiger partial charge in [-0.05, 0) is 36.8 Å². The van der Waals surface area contributed by atoms with Crippen LogP contribution in [-0.4, -0.2) is 10.9 Å². The molecule has 0 saturated carbocycles. The van der Waals surface area contributed by atoms with Gasteiger partial charge in [-0.1, -0.05) is 6.07 Å². The van der Waals surface area contributed by atoms with Gasteiger partial charge in [0.05, 0.1) is 11.9 Å². The van der Waals surface area contributed by atoms with Gasteiger partial charge in [-0.25, -0.2) is 9.37 Å². The number of carbonyl (C=O) groups is 1. The summed E-state index contributed by atoms with van der Waals surface area (Å²) in [6.07, 6.45) is 1.19. The molecule has 0 spiro atoms. The molecule has 1 N–H and O–H groups in total. The number of amides is 1. The molecule has 1 aromatic heterocycles. The number of carbonyl (C=O) groups excluding carboxylic acids is 1. The first-order chi connectivity index (χ1) is 8.56. The minimum atomic E-state index is -0.630.